The van der Waals surface area contributed by atoms with Crippen LogP contribution in [0.2, 0.25) is 0 Å². The van der Waals surface area contributed by atoms with Crippen molar-refractivity contribution in [2.45, 2.75) is 45.4 Å². The zero-order chi connectivity index (χ0) is 12.4. The summed E-state index contributed by atoms with van der Waals surface area (Å²) in [7, 11) is 0. The fourth-order valence-electron chi connectivity index (χ4n) is 3.75. The van der Waals surface area contributed by atoms with E-state index in [-0.39, 0.29) is 0 Å². The van der Waals surface area contributed by atoms with Gasteiger partial charge in [-0.15, -0.1) is 0 Å². The van der Waals surface area contributed by atoms with E-state index in [9.17, 15) is 0 Å². The Balaban J connectivity index is 1.55. The molecule has 2 aliphatic carbocycles. The van der Waals surface area contributed by atoms with Crippen LogP contribution in [0.1, 0.15) is 44.7 Å². The maximum absolute atomic E-state index is 4.32. The summed E-state index contributed by atoms with van der Waals surface area (Å²) < 4.78 is 0. The van der Waals surface area contributed by atoms with E-state index in [0.29, 0.717) is 0 Å². The lowest BCUT2D eigenvalue weighted by molar-refractivity contribution is 0.348. The van der Waals surface area contributed by atoms with Gasteiger partial charge < -0.3 is 5.32 Å². The second kappa shape index (κ2) is 5.25. The van der Waals surface area contributed by atoms with Crippen LogP contribution in [0.5, 0.6) is 0 Å². The molecule has 3 heteroatoms. The molecule has 1 aromatic rings. The van der Waals surface area contributed by atoms with E-state index in [4.69, 9.17) is 0 Å². The number of nitrogens with zero attached hydrogens (tertiary/aromatic N) is 2. The smallest absolute Gasteiger partial charge is 0.129 e. The van der Waals surface area contributed by atoms with Crippen LogP contribution < -0.4 is 5.32 Å². The number of nitrogens with one attached hydrogen (secondary N) is 1. The molecule has 0 spiro atoms. The number of anilines is 1. The largest absolute Gasteiger partial charge is 0.370 e. The van der Waals surface area contributed by atoms with Crippen LogP contribution >= 0.6 is 0 Å². The van der Waals surface area contributed by atoms with Gasteiger partial charge in [-0.05, 0) is 43.4 Å². The van der Waals surface area contributed by atoms with Crippen molar-refractivity contribution >= 4 is 5.82 Å². The minimum atomic E-state index is 0.883. The molecular weight excluding hydrogens is 222 g/mol. The van der Waals surface area contributed by atoms with Gasteiger partial charge in [0.1, 0.15) is 12.1 Å². The molecule has 3 unspecified atom stereocenters. The number of aromatic nitrogens is 2. The Labute approximate surface area is 109 Å². The number of aryl methyl sites for hydroxylation is 1. The van der Waals surface area contributed by atoms with Crippen LogP contribution in [0.15, 0.2) is 12.4 Å². The van der Waals surface area contributed by atoms with Gasteiger partial charge in [0.25, 0.3) is 0 Å². The van der Waals surface area contributed by atoms with Crippen molar-refractivity contribution in [1.29, 1.82) is 0 Å². The summed E-state index contributed by atoms with van der Waals surface area (Å²) in [5.41, 5.74) is 1.16. The fourth-order valence-corrected chi connectivity index (χ4v) is 3.75. The Morgan fingerprint density at radius 1 is 1.28 bits per heavy atom. The van der Waals surface area contributed by atoms with Crippen LogP contribution in [-0.4, -0.2) is 16.5 Å². The number of fused-ring (bicyclic) bond motifs is 2. The van der Waals surface area contributed by atoms with Gasteiger partial charge in [0.05, 0.1) is 0 Å². The predicted octanol–water partition coefficient (Wildman–Crippen LogP) is 3.28. The molecule has 3 atom stereocenters. The topological polar surface area (TPSA) is 37.8 Å². The minimum absolute atomic E-state index is 0.883. The molecular formula is C15H23N3. The third-order valence-corrected chi connectivity index (χ3v) is 4.66. The predicted molar refractivity (Wildman–Crippen MR) is 73.5 cm³/mol. The van der Waals surface area contributed by atoms with Crippen LogP contribution in [0, 0.1) is 17.8 Å². The fraction of sp³-hybridized carbons (Fsp3) is 0.733. The van der Waals surface area contributed by atoms with Gasteiger partial charge in [-0.3, -0.25) is 0 Å². The molecule has 1 heterocycles. The first-order chi connectivity index (χ1) is 8.85. The van der Waals surface area contributed by atoms with Gasteiger partial charge in [-0.25, -0.2) is 9.97 Å². The molecule has 0 aromatic carbocycles. The summed E-state index contributed by atoms with van der Waals surface area (Å²) in [6.45, 7) is 3.29. The van der Waals surface area contributed by atoms with E-state index in [2.05, 4.69) is 28.3 Å². The molecule has 3 rings (SSSR count). The van der Waals surface area contributed by atoms with Crippen molar-refractivity contribution in [3.8, 4) is 0 Å². The molecule has 18 heavy (non-hydrogen) atoms. The summed E-state index contributed by atoms with van der Waals surface area (Å²) in [6.07, 6.45) is 9.74. The Bertz CT molecular complexity index is 404. The van der Waals surface area contributed by atoms with Crippen molar-refractivity contribution in [3.05, 3.63) is 18.1 Å². The summed E-state index contributed by atoms with van der Waals surface area (Å²) in [5, 5.41) is 3.52. The van der Waals surface area contributed by atoms with E-state index in [1.807, 2.05) is 0 Å². The lowest BCUT2D eigenvalue weighted by Crippen LogP contribution is -2.20. The summed E-state index contributed by atoms with van der Waals surface area (Å²) in [6, 6.07) is 2.11. The highest BCUT2D eigenvalue weighted by molar-refractivity contribution is 5.34. The number of hydrogen-bond donors (Lipinski definition) is 1. The molecule has 0 amide bonds. The molecule has 2 aliphatic rings. The maximum atomic E-state index is 4.32. The Morgan fingerprint density at radius 3 is 2.94 bits per heavy atom. The first-order valence-electron chi connectivity index (χ1n) is 7.40. The second-order valence-corrected chi connectivity index (χ2v) is 5.96. The highest BCUT2D eigenvalue weighted by Crippen LogP contribution is 2.48. The van der Waals surface area contributed by atoms with Crippen LogP contribution in [0.3, 0.4) is 0 Å². The average Bonchev–Trinajstić information content (AvgIpc) is 2.99. The van der Waals surface area contributed by atoms with Crippen molar-refractivity contribution in [2.75, 3.05) is 11.9 Å². The SMILES string of the molecule is CCCc1cc(NCC2CC3CCC2C3)ncn1. The zero-order valence-corrected chi connectivity index (χ0v) is 11.2. The van der Waals surface area contributed by atoms with Crippen LogP contribution in [-0.2, 0) is 6.42 Å². The monoisotopic (exact) mass is 245 g/mol. The quantitative estimate of drug-likeness (QED) is 0.865. The molecule has 2 bridgehead atoms. The molecule has 0 saturated heterocycles. The van der Waals surface area contributed by atoms with E-state index >= 15 is 0 Å². The molecule has 98 valence electrons. The van der Waals surface area contributed by atoms with E-state index in [1.165, 1.54) is 25.7 Å². The molecule has 2 fully saturated rings. The summed E-state index contributed by atoms with van der Waals surface area (Å²) >= 11 is 0. The van der Waals surface area contributed by atoms with Crippen molar-refractivity contribution in [1.82, 2.24) is 9.97 Å². The van der Waals surface area contributed by atoms with Gasteiger partial charge in [0, 0.05) is 18.3 Å². The Hall–Kier alpha value is -1.12. The lowest BCUT2D eigenvalue weighted by Gasteiger charge is -2.22. The number of hydrogen-bond acceptors (Lipinski definition) is 3. The molecule has 1 aromatic heterocycles. The highest BCUT2D eigenvalue weighted by Gasteiger charge is 2.39. The van der Waals surface area contributed by atoms with E-state index in [1.54, 1.807) is 6.33 Å². The van der Waals surface area contributed by atoms with E-state index < -0.39 is 0 Å². The third kappa shape index (κ3) is 2.50. The van der Waals surface area contributed by atoms with Crippen molar-refractivity contribution < 1.29 is 0 Å². The van der Waals surface area contributed by atoms with Crippen LogP contribution in [0.4, 0.5) is 5.82 Å². The van der Waals surface area contributed by atoms with Gasteiger partial charge in [0.2, 0.25) is 0 Å². The van der Waals surface area contributed by atoms with Gasteiger partial charge in [-0.1, -0.05) is 19.8 Å². The Kier molecular flexibility index (Phi) is 3.48. The molecule has 0 aliphatic heterocycles. The standard InChI is InChI=1S/C15H23N3/c1-2-3-14-8-15(18-10-17-14)16-9-13-7-11-4-5-12(13)6-11/h8,10-13H,2-7,9H2,1H3,(H,16,17,18). The molecule has 3 nitrogen and oxygen atoms in total. The minimum Gasteiger partial charge on any atom is -0.370 e. The highest BCUT2D eigenvalue weighted by atomic mass is 15.0. The van der Waals surface area contributed by atoms with Crippen molar-refractivity contribution in [2.24, 2.45) is 17.8 Å². The van der Waals surface area contributed by atoms with Crippen molar-refractivity contribution in [3.63, 3.8) is 0 Å². The second-order valence-electron chi connectivity index (χ2n) is 5.96. The van der Waals surface area contributed by atoms with Crippen LogP contribution in [0.25, 0.3) is 0 Å². The van der Waals surface area contributed by atoms with Gasteiger partial charge in [-0.2, -0.15) is 0 Å². The molecule has 1 N–H and O–H groups in total. The first-order valence-corrected chi connectivity index (χ1v) is 7.40. The number of rotatable bonds is 5. The summed E-state index contributed by atoms with van der Waals surface area (Å²) in [4.78, 5) is 8.62. The van der Waals surface area contributed by atoms with Gasteiger partial charge >= 0.3 is 0 Å². The maximum Gasteiger partial charge on any atom is 0.129 e. The molecule has 2 saturated carbocycles. The summed E-state index contributed by atoms with van der Waals surface area (Å²) in [5.74, 6) is 3.91. The van der Waals surface area contributed by atoms with E-state index in [0.717, 1.165) is 48.7 Å². The lowest BCUT2D eigenvalue weighted by atomic mass is 9.89. The van der Waals surface area contributed by atoms with Gasteiger partial charge in [0.15, 0.2) is 0 Å². The first kappa shape index (κ1) is 11.9. The third-order valence-electron chi connectivity index (χ3n) is 4.66. The molecule has 0 radical (unpaired) electrons. The zero-order valence-electron chi connectivity index (χ0n) is 11.2. The normalized spacial score (nSPS) is 29.7. The Morgan fingerprint density at radius 2 is 2.22 bits per heavy atom. The average molecular weight is 245 g/mol.